The van der Waals surface area contributed by atoms with Gasteiger partial charge in [-0.3, -0.25) is 0 Å². The number of hydrogen-bond acceptors (Lipinski definition) is 2. The number of benzene rings is 16. The van der Waals surface area contributed by atoms with Gasteiger partial charge in [-0.1, -0.05) is 261 Å². The molecule has 4 nitrogen and oxygen atoms in total. The van der Waals surface area contributed by atoms with Crippen LogP contribution in [-0.2, 0) is 0 Å². The molecule has 0 spiro atoms. The molecule has 0 unspecified atom stereocenters. The molecule has 0 aliphatic rings. The molecule has 2 heterocycles. The highest BCUT2D eigenvalue weighted by Crippen LogP contribution is 2.41. The molecule has 0 aliphatic heterocycles. The van der Waals surface area contributed by atoms with Gasteiger partial charge < -0.3 is 18.9 Å². The van der Waals surface area contributed by atoms with Crippen molar-refractivity contribution in [1.29, 1.82) is 0 Å². The van der Waals surface area contributed by atoms with Gasteiger partial charge in [0.2, 0.25) is 0 Å². The molecule has 0 saturated heterocycles. The minimum absolute atomic E-state index is 1.12. The van der Waals surface area contributed by atoms with E-state index in [-0.39, 0.29) is 0 Å². The van der Waals surface area contributed by atoms with Crippen molar-refractivity contribution in [2.24, 2.45) is 0 Å². The SMILES string of the molecule is c1ccc(N(c2ccc(-c3ccc(-n4c5ccccc5c5ccccc54)cc3)cc2)c2ccc(-c3ccc4ccccc4c3)cc2)cc1.c1ccc(N(c2ccc(-c3ccc(-n4c5ccccc5c5ccccc54)cc3)cc2)c2ccc(-c3cccc4ccccc34)cc2)cc1. The predicted molar refractivity (Wildman–Crippen MR) is 408 cm³/mol. The minimum Gasteiger partial charge on any atom is -0.311 e. The Bertz CT molecular complexity index is 5660. The summed E-state index contributed by atoms with van der Waals surface area (Å²) in [6, 6.07) is 140. The van der Waals surface area contributed by atoms with E-state index in [1.165, 1.54) is 110 Å². The monoisotopic (exact) mass is 1220 g/mol. The summed E-state index contributed by atoms with van der Waals surface area (Å²) in [7, 11) is 0. The predicted octanol–water partition coefficient (Wildman–Crippen LogP) is 25.5. The first kappa shape index (κ1) is 57.2. The second-order valence-electron chi connectivity index (χ2n) is 24.5. The largest absolute Gasteiger partial charge is 0.311 e. The third-order valence-electron chi connectivity index (χ3n) is 18.8. The summed E-state index contributed by atoms with van der Waals surface area (Å²) in [4.78, 5) is 4.64. The van der Waals surface area contributed by atoms with Crippen LogP contribution in [0.3, 0.4) is 0 Å². The van der Waals surface area contributed by atoms with Crippen molar-refractivity contribution in [1.82, 2.24) is 9.13 Å². The molecule has 18 aromatic rings. The van der Waals surface area contributed by atoms with Crippen LogP contribution in [0.1, 0.15) is 0 Å². The van der Waals surface area contributed by atoms with Gasteiger partial charge in [0, 0.05) is 67.0 Å². The van der Waals surface area contributed by atoms with Crippen molar-refractivity contribution < 1.29 is 0 Å². The minimum atomic E-state index is 1.12. The fourth-order valence-electron chi connectivity index (χ4n) is 14.1. The summed E-state index contributed by atoms with van der Waals surface area (Å²) in [5.41, 5.74) is 23.6. The smallest absolute Gasteiger partial charge is 0.0541 e. The Kier molecular flexibility index (Phi) is 14.9. The molecule has 0 fully saturated rings. The molecule has 0 amide bonds. The van der Waals surface area contributed by atoms with Crippen molar-refractivity contribution in [3.63, 3.8) is 0 Å². The molecule has 16 aromatic carbocycles. The molecule has 0 bridgehead atoms. The van der Waals surface area contributed by atoms with Gasteiger partial charge in [-0.15, -0.1) is 0 Å². The average Bonchev–Trinajstić information content (AvgIpc) is 1.61. The third-order valence-corrected chi connectivity index (χ3v) is 18.8. The van der Waals surface area contributed by atoms with Crippen molar-refractivity contribution in [3.05, 3.63) is 388 Å². The van der Waals surface area contributed by atoms with Gasteiger partial charge >= 0.3 is 0 Å². The van der Waals surface area contributed by atoms with Crippen LogP contribution in [0.25, 0.3) is 121 Å². The molecular weight excluding hydrogens is 1160 g/mol. The van der Waals surface area contributed by atoms with E-state index in [0.29, 0.717) is 0 Å². The van der Waals surface area contributed by atoms with Crippen molar-refractivity contribution in [3.8, 4) is 55.9 Å². The third kappa shape index (κ3) is 10.8. The number of hydrogen-bond donors (Lipinski definition) is 0. The summed E-state index contributed by atoms with van der Waals surface area (Å²) >= 11 is 0. The Balaban J connectivity index is 0.000000145. The van der Waals surface area contributed by atoms with Crippen molar-refractivity contribution >= 4 is 99.3 Å². The summed E-state index contributed by atoms with van der Waals surface area (Å²) < 4.78 is 4.72. The van der Waals surface area contributed by atoms with Crippen LogP contribution in [0.5, 0.6) is 0 Å². The van der Waals surface area contributed by atoms with E-state index < -0.39 is 0 Å². The van der Waals surface area contributed by atoms with Gasteiger partial charge in [0.25, 0.3) is 0 Å². The fourth-order valence-corrected chi connectivity index (χ4v) is 14.1. The van der Waals surface area contributed by atoms with Crippen LogP contribution in [0.4, 0.5) is 34.1 Å². The van der Waals surface area contributed by atoms with Crippen LogP contribution in [0.2, 0.25) is 0 Å². The molecule has 4 heteroatoms. The Hall–Kier alpha value is -12.8. The average molecular weight is 1230 g/mol. The number of fused-ring (bicyclic) bond motifs is 8. The lowest BCUT2D eigenvalue weighted by atomic mass is 9.98. The Morgan fingerprint density at radius 2 is 0.448 bits per heavy atom. The van der Waals surface area contributed by atoms with E-state index in [2.05, 4.69) is 407 Å². The molecular formula is C92H64N4. The zero-order valence-electron chi connectivity index (χ0n) is 52.7. The topological polar surface area (TPSA) is 16.3 Å². The highest BCUT2D eigenvalue weighted by Gasteiger charge is 2.18. The summed E-state index contributed by atoms with van der Waals surface area (Å²) in [6.07, 6.45) is 0. The molecule has 0 saturated carbocycles. The maximum absolute atomic E-state index is 2.36. The van der Waals surface area contributed by atoms with Crippen LogP contribution in [-0.4, -0.2) is 9.13 Å². The second kappa shape index (κ2) is 25.0. The molecule has 2 aromatic heterocycles. The normalized spacial score (nSPS) is 11.3. The lowest BCUT2D eigenvalue weighted by Gasteiger charge is -2.26. The Morgan fingerprint density at radius 3 is 0.854 bits per heavy atom. The zero-order valence-corrected chi connectivity index (χ0v) is 52.7. The second-order valence-corrected chi connectivity index (χ2v) is 24.5. The molecule has 0 N–H and O–H groups in total. The summed E-state index contributed by atoms with van der Waals surface area (Å²) in [6.45, 7) is 0. The molecule has 452 valence electrons. The standard InChI is InChI=1S/2C46H32N2/c1-2-13-37(14-3-1)47(39-31-25-36(26-32-39)42-18-10-12-35-11-4-5-15-41(35)42)38-27-21-33(22-28-38)34-23-29-40(30-24-34)48-45-19-8-6-16-43(45)44-17-7-9-20-46(44)48;1-2-12-39(13-3-1)47(41-28-24-36(25-29-41)38-19-18-33-10-4-5-11-37(33)32-38)40-26-20-34(21-27-40)35-22-30-42(31-23-35)48-45-16-8-6-14-43(45)44-15-7-9-17-46(44)48/h2*1-32H. The number of para-hydroxylation sites is 6. The highest BCUT2D eigenvalue weighted by atomic mass is 15.1. The maximum atomic E-state index is 2.36. The molecule has 0 atom stereocenters. The maximum Gasteiger partial charge on any atom is 0.0541 e. The Morgan fingerprint density at radius 1 is 0.167 bits per heavy atom. The van der Waals surface area contributed by atoms with Gasteiger partial charge in [0.05, 0.1) is 22.1 Å². The summed E-state index contributed by atoms with van der Waals surface area (Å²) in [5, 5.41) is 10.1. The molecule has 0 aliphatic carbocycles. The number of nitrogens with zero attached hydrogens (tertiary/aromatic N) is 4. The van der Waals surface area contributed by atoms with E-state index in [9.17, 15) is 0 Å². The first-order valence-electron chi connectivity index (χ1n) is 32.9. The molecule has 96 heavy (non-hydrogen) atoms. The molecule has 0 radical (unpaired) electrons. The van der Waals surface area contributed by atoms with Crippen molar-refractivity contribution in [2.45, 2.75) is 0 Å². The van der Waals surface area contributed by atoms with E-state index in [4.69, 9.17) is 0 Å². The van der Waals surface area contributed by atoms with E-state index in [0.717, 1.165) is 45.5 Å². The van der Waals surface area contributed by atoms with Crippen LogP contribution >= 0.6 is 0 Å². The Labute approximate surface area is 559 Å². The highest BCUT2D eigenvalue weighted by molar-refractivity contribution is 6.10. The van der Waals surface area contributed by atoms with Crippen molar-refractivity contribution in [2.75, 3.05) is 9.80 Å². The lowest BCUT2D eigenvalue weighted by Crippen LogP contribution is -2.09. The van der Waals surface area contributed by atoms with Gasteiger partial charge in [-0.05, 0) is 193 Å². The van der Waals surface area contributed by atoms with Gasteiger partial charge in [-0.25, -0.2) is 0 Å². The lowest BCUT2D eigenvalue weighted by molar-refractivity contribution is 1.18. The number of anilines is 6. The first-order valence-corrected chi connectivity index (χ1v) is 32.9. The quantitative estimate of drug-likeness (QED) is 0.121. The zero-order chi connectivity index (χ0) is 63.7. The van der Waals surface area contributed by atoms with Crippen LogP contribution in [0, 0.1) is 0 Å². The van der Waals surface area contributed by atoms with Gasteiger partial charge in [0.1, 0.15) is 0 Å². The van der Waals surface area contributed by atoms with E-state index >= 15 is 0 Å². The molecule has 18 rings (SSSR count). The number of aromatic nitrogens is 2. The first-order chi connectivity index (χ1) is 47.6. The van der Waals surface area contributed by atoms with E-state index in [1.807, 2.05) is 0 Å². The van der Waals surface area contributed by atoms with Gasteiger partial charge in [0.15, 0.2) is 0 Å². The fraction of sp³-hybridized carbons (Fsp3) is 0. The van der Waals surface area contributed by atoms with Crippen LogP contribution < -0.4 is 9.80 Å². The summed E-state index contributed by atoms with van der Waals surface area (Å²) in [5.74, 6) is 0. The van der Waals surface area contributed by atoms with Gasteiger partial charge in [-0.2, -0.15) is 0 Å². The van der Waals surface area contributed by atoms with Crippen LogP contribution in [0.15, 0.2) is 388 Å². The van der Waals surface area contributed by atoms with E-state index in [1.54, 1.807) is 0 Å². The number of rotatable bonds is 12.